The van der Waals surface area contributed by atoms with E-state index in [0.29, 0.717) is 16.9 Å². The van der Waals surface area contributed by atoms with Crippen LogP contribution in [0.5, 0.6) is 17.2 Å². The molecule has 1 aromatic rings. The Morgan fingerprint density at radius 2 is 1.82 bits per heavy atom. The summed E-state index contributed by atoms with van der Waals surface area (Å²) in [4.78, 5) is 11.1. The fourth-order valence-corrected chi connectivity index (χ4v) is 1.35. The Bertz CT molecular complexity index is 462. The van der Waals surface area contributed by atoms with E-state index in [2.05, 4.69) is 4.74 Å². The van der Waals surface area contributed by atoms with Crippen LogP contribution in [0.2, 0.25) is 0 Å². The smallest absolute Gasteiger partial charge is 0.330 e. The Labute approximate surface area is 98.9 Å². The van der Waals surface area contributed by atoms with Gasteiger partial charge in [0, 0.05) is 17.7 Å². The lowest BCUT2D eigenvalue weighted by Gasteiger charge is -2.10. The van der Waals surface area contributed by atoms with Gasteiger partial charge in [0.15, 0.2) is 11.5 Å². The number of phenols is 2. The van der Waals surface area contributed by atoms with Crippen molar-refractivity contribution in [2.24, 2.45) is 0 Å². The topological polar surface area (TPSA) is 76.0 Å². The number of benzene rings is 1. The average Bonchev–Trinajstić information content (AvgIpc) is 2.31. The number of aromatic hydroxyl groups is 2. The molecule has 0 atom stereocenters. The van der Waals surface area contributed by atoms with Crippen molar-refractivity contribution in [1.82, 2.24) is 0 Å². The zero-order valence-electron chi connectivity index (χ0n) is 9.85. The number of methoxy groups -OCH3 is 2. The van der Waals surface area contributed by atoms with Crippen molar-refractivity contribution in [3.8, 4) is 17.2 Å². The number of rotatable bonds is 3. The minimum absolute atomic E-state index is 0.279. The van der Waals surface area contributed by atoms with Gasteiger partial charge in [-0.25, -0.2) is 4.79 Å². The highest BCUT2D eigenvalue weighted by molar-refractivity contribution is 5.92. The van der Waals surface area contributed by atoms with Gasteiger partial charge in [-0.15, -0.1) is 0 Å². The number of esters is 1. The van der Waals surface area contributed by atoms with Crippen LogP contribution in [0.15, 0.2) is 18.2 Å². The Kier molecular flexibility index (Phi) is 3.98. The van der Waals surface area contributed by atoms with Gasteiger partial charge in [-0.05, 0) is 18.6 Å². The largest absolute Gasteiger partial charge is 0.504 e. The molecule has 0 aliphatic heterocycles. The molecule has 1 aromatic carbocycles. The van der Waals surface area contributed by atoms with Crippen LogP contribution in [0, 0.1) is 0 Å². The molecule has 2 N–H and O–H groups in total. The van der Waals surface area contributed by atoms with E-state index in [4.69, 9.17) is 4.74 Å². The number of hydrogen-bond acceptors (Lipinski definition) is 5. The normalized spacial score (nSPS) is 11.1. The van der Waals surface area contributed by atoms with E-state index in [-0.39, 0.29) is 11.5 Å². The maximum Gasteiger partial charge on any atom is 0.330 e. The van der Waals surface area contributed by atoms with Gasteiger partial charge in [-0.1, -0.05) is 0 Å². The lowest BCUT2D eigenvalue weighted by Crippen LogP contribution is -1.97. The van der Waals surface area contributed by atoms with Crippen LogP contribution < -0.4 is 4.74 Å². The molecule has 0 aliphatic carbocycles. The molecule has 5 heteroatoms. The van der Waals surface area contributed by atoms with E-state index >= 15 is 0 Å². The quantitative estimate of drug-likeness (QED) is 0.476. The number of phenolic OH excluding ortho intramolecular Hbond substituents is 2. The number of hydrogen-bond donors (Lipinski definition) is 2. The summed E-state index contributed by atoms with van der Waals surface area (Å²) in [6, 6.07) is 2.60. The molecule has 17 heavy (non-hydrogen) atoms. The number of carbonyl (C=O) groups is 1. The molecule has 1 rings (SSSR count). The maximum absolute atomic E-state index is 11.1. The SMILES string of the molecule is COC(=O)/C=C(\C)c1cc(O)c(O)cc1OC. The van der Waals surface area contributed by atoms with Crippen LogP contribution in [-0.2, 0) is 9.53 Å². The molecule has 0 spiro atoms. The lowest BCUT2D eigenvalue weighted by atomic mass is 10.1. The van der Waals surface area contributed by atoms with Crippen molar-refractivity contribution in [1.29, 1.82) is 0 Å². The third kappa shape index (κ3) is 2.90. The second-order valence-electron chi connectivity index (χ2n) is 3.39. The molecule has 0 saturated heterocycles. The van der Waals surface area contributed by atoms with Crippen molar-refractivity contribution >= 4 is 11.5 Å². The molecule has 0 radical (unpaired) electrons. The predicted molar refractivity (Wildman–Crippen MR) is 62.0 cm³/mol. The number of ether oxygens (including phenoxy) is 2. The van der Waals surface area contributed by atoms with Gasteiger partial charge in [0.2, 0.25) is 0 Å². The van der Waals surface area contributed by atoms with Gasteiger partial charge in [0.05, 0.1) is 14.2 Å². The standard InChI is InChI=1S/C12H14O5/c1-7(4-12(15)17-3)8-5-9(13)10(14)6-11(8)16-2/h4-6,13-14H,1-3H3/b7-4+. The fourth-order valence-electron chi connectivity index (χ4n) is 1.35. The summed E-state index contributed by atoms with van der Waals surface area (Å²) in [5, 5.41) is 18.7. The zero-order chi connectivity index (χ0) is 13.0. The van der Waals surface area contributed by atoms with Gasteiger partial charge in [-0.2, -0.15) is 0 Å². The first-order chi connectivity index (χ1) is 7.99. The second-order valence-corrected chi connectivity index (χ2v) is 3.39. The van der Waals surface area contributed by atoms with Crippen molar-refractivity contribution in [2.45, 2.75) is 6.92 Å². The van der Waals surface area contributed by atoms with Crippen LogP contribution in [0.1, 0.15) is 12.5 Å². The molecule has 0 saturated carbocycles. The summed E-state index contributed by atoms with van der Waals surface area (Å²) >= 11 is 0. The van der Waals surface area contributed by atoms with Crippen LogP contribution >= 0.6 is 0 Å². The third-order valence-corrected chi connectivity index (χ3v) is 2.26. The average molecular weight is 238 g/mol. The van der Waals surface area contributed by atoms with Crippen LogP contribution in [-0.4, -0.2) is 30.4 Å². The minimum atomic E-state index is -0.503. The molecule has 0 unspecified atom stereocenters. The second kappa shape index (κ2) is 5.25. The number of allylic oxidation sites excluding steroid dienone is 1. The molecule has 5 nitrogen and oxygen atoms in total. The van der Waals surface area contributed by atoms with E-state index in [1.54, 1.807) is 6.92 Å². The lowest BCUT2D eigenvalue weighted by molar-refractivity contribution is -0.134. The van der Waals surface area contributed by atoms with E-state index in [1.165, 1.54) is 32.4 Å². The van der Waals surface area contributed by atoms with Gasteiger partial charge in [-0.3, -0.25) is 0 Å². The molecule has 0 fully saturated rings. The highest BCUT2D eigenvalue weighted by atomic mass is 16.5. The molecule has 0 bridgehead atoms. The molecule has 92 valence electrons. The van der Waals surface area contributed by atoms with E-state index in [1.807, 2.05) is 0 Å². The summed E-state index contributed by atoms with van der Waals surface area (Å²) < 4.78 is 9.56. The first-order valence-corrected chi connectivity index (χ1v) is 4.86. The van der Waals surface area contributed by atoms with Gasteiger partial charge in [0.1, 0.15) is 5.75 Å². The molecule has 0 aromatic heterocycles. The first-order valence-electron chi connectivity index (χ1n) is 4.86. The Morgan fingerprint density at radius 1 is 1.24 bits per heavy atom. The summed E-state index contributed by atoms with van der Waals surface area (Å²) in [5.74, 6) is -0.704. The third-order valence-electron chi connectivity index (χ3n) is 2.26. The van der Waals surface area contributed by atoms with Crippen molar-refractivity contribution in [2.75, 3.05) is 14.2 Å². The Morgan fingerprint density at radius 3 is 2.35 bits per heavy atom. The first kappa shape index (κ1) is 12.9. The van der Waals surface area contributed by atoms with E-state index in [9.17, 15) is 15.0 Å². The molecule has 0 heterocycles. The minimum Gasteiger partial charge on any atom is -0.504 e. The number of carbonyl (C=O) groups excluding carboxylic acids is 1. The molecule has 0 amide bonds. The van der Waals surface area contributed by atoms with Crippen molar-refractivity contribution in [3.05, 3.63) is 23.8 Å². The summed E-state index contributed by atoms with van der Waals surface area (Å²) in [5.41, 5.74) is 1.07. The Hall–Kier alpha value is -2.17. The maximum atomic E-state index is 11.1. The highest BCUT2D eigenvalue weighted by Gasteiger charge is 2.11. The van der Waals surface area contributed by atoms with Crippen LogP contribution in [0.3, 0.4) is 0 Å². The van der Waals surface area contributed by atoms with Crippen molar-refractivity contribution in [3.63, 3.8) is 0 Å². The van der Waals surface area contributed by atoms with Crippen molar-refractivity contribution < 1.29 is 24.5 Å². The summed E-state index contributed by atoms with van der Waals surface area (Å²) in [6.45, 7) is 1.67. The van der Waals surface area contributed by atoms with Gasteiger partial charge >= 0.3 is 5.97 Å². The molecule has 0 aliphatic rings. The monoisotopic (exact) mass is 238 g/mol. The van der Waals surface area contributed by atoms with E-state index in [0.717, 1.165) is 0 Å². The fraction of sp³-hybridized carbons (Fsp3) is 0.250. The van der Waals surface area contributed by atoms with Gasteiger partial charge < -0.3 is 19.7 Å². The zero-order valence-corrected chi connectivity index (χ0v) is 9.85. The van der Waals surface area contributed by atoms with Crippen LogP contribution in [0.4, 0.5) is 0 Å². The summed E-state index contributed by atoms with van der Waals surface area (Å²) in [6.07, 6.45) is 1.27. The molecular weight excluding hydrogens is 224 g/mol. The van der Waals surface area contributed by atoms with E-state index < -0.39 is 5.97 Å². The predicted octanol–water partition coefficient (Wildman–Crippen LogP) is 1.68. The molecular formula is C12H14O5. The van der Waals surface area contributed by atoms with Gasteiger partial charge in [0.25, 0.3) is 0 Å². The summed E-state index contributed by atoms with van der Waals surface area (Å²) in [7, 11) is 2.71. The Balaban J connectivity index is 3.25. The highest BCUT2D eigenvalue weighted by Crippen LogP contribution is 2.36. The van der Waals surface area contributed by atoms with Crippen LogP contribution in [0.25, 0.3) is 5.57 Å².